The van der Waals surface area contributed by atoms with Crippen molar-refractivity contribution >= 4 is 21.0 Å². The van der Waals surface area contributed by atoms with Gasteiger partial charge in [0.25, 0.3) is 0 Å². The van der Waals surface area contributed by atoms with Crippen molar-refractivity contribution in [2.24, 2.45) is 7.05 Å². The predicted octanol–water partition coefficient (Wildman–Crippen LogP) is 2.85. The quantitative estimate of drug-likeness (QED) is 0.389. The molecule has 0 amide bonds. The number of para-hydroxylation sites is 1. The van der Waals surface area contributed by atoms with Crippen molar-refractivity contribution in [2.45, 2.75) is 18.1 Å². The SMILES string of the molecule is COC(OC)c1ccc2ccccc2[n+]1C.Cc1ccc(S(=O)(=O)[O-])cc1. The number of fused-ring (bicyclic) bond motifs is 1. The van der Waals surface area contributed by atoms with Gasteiger partial charge in [-0.25, -0.2) is 8.42 Å². The normalized spacial score (nSPS) is 11.3. The van der Waals surface area contributed by atoms with Crippen LogP contribution in [0, 0.1) is 6.92 Å². The smallest absolute Gasteiger partial charge is 0.244 e. The summed E-state index contributed by atoms with van der Waals surface area (Å²) in [5, 5.41) is 1.21. The lowest BCUT2D eigenvalue weighted by Gasteiger charge is -2.11. The largest absolute Gasteiger partial charge is 0.744 e. The molecule has 0 saturated heterocycles. The first kappa shape index (κ1) is 21.0. The molecular weight excluding hydrogens is 366 g/mol. The second kappa shape index (κ2) is 9.05. The van der Waals surface area contributed by atoms with Crippen LogP contribution in [0.15, 0.2) is 65.6 Å². The highest BCUT2D eigenvalue weighted by atomic mass is 32.2. The fourth-order valence-corrected chi connectivity index (χ4v) is 3.11. The highest BCUT2D eigenvalue weighted by Crippen LogP contribution is 2.17. The molecule has 3 aromatic rings. The van der Waals surface area contributed by atoms with Crippen LogP contribution in [-0.2, 0) is 26.6 Å². The average Bonchev–Trinajstić information content (AvgIpc) is 2.65. The van der Waals surface area contributed by atoms with E-state index < -0.39 is 10.1 Å². The lowest BCUT2D eigenvalue weighted by Crippen LogP contribution is -2.36. The van der Waals surface area contributed by atoms with Crippen LogP contribution in [0.4, 0.5) is 0 Å². The number of pyridine rings is 1. The Bertz CT molecular complexity index is 997. The van der Waals surface area contributed by atoms with Gasteiger partial charge in [0.15, 0.2) is 0 Å². The molecule has 0 bridgehead atoms. The van der Waals surface area contributed by atoms with E-state index >= 15 is 0 Å². The molecule has 0 atom stereocenters. The van der Waals surface area contributed by atoms with Crippen molar-refractivity contribution in [1.82, 2.24) is 0 Å². The summed E-state index contributed by atoms with van der Waals surface area (Å²) in [5.74, 6) is 0. The molecule has 1 aromatic heterocycles. The van der Waals surface area contributed by atoms with Gasteiger partial charge in [-0.2, -0.15) is 4.57 Å². The van der Waals surface area contributed by atoms with E-state index in [9.17, 15) is 13.0 Å². The summed E-state index contributed by atoms with van der Waals surface area (Å²) in [6.45, 7) is 1.82. The zero-order chi connectivity index (χ0) is 20.0. The van der Waals surface area contributed by atoms with Crippen LogP contribution in [0.1, 0.15) is 17.5 Å². The molecule has 0 aliphatic carbocycles. The summed E-state index contributed by atoms with van der Waals surface area (Å²) >= 11 is 0. The minimum Gasteiger partial charge on any atom is -0.744 e. The molecule has 3 rings (SSSR count). The molecule has 0 aliphatic rings. The Labute approximate surface area is 159 Å². The van der Waals surface area contributed by atoms with Crippen molar-refractivity contribution in [3.8, 4) is 0 Å². The van der Waals surface area contributed by atoms with Crippen LogP contribution in [0.5, 0.6) is 0 Å². The van der Waals surface area contributed by atoms with Crippen LogP contribution < -0.4 is 4.57 Å². The number of methoxy groups -OCH3 is 2. The summed E-state index contributed by atoms with van der Waals surface area (Å²) in [6, 6.07) is 18.1. The van der Waals surface area contributed by atoms with Crippen molar-refractivity contribution in [3.05, 3.63) is 71.9 Å². The van der Waals surface area contributed by atoms with Crippen LogP contribution in [0.2, 0.25) is 0 Å². The number of aromatic nitrogens is 1. The molecule has 0 N–H and O–H groups in total. The molecule has 0 fully saturated rings. The lowest BCUT2D eigenvalue weighted by atomic mass is 10.2. The minimum atomic E-state index is -4.27. The van der Waals surface area contributed by atoms with Gasteiger partial charge < -0.3 is 14.0 Å². The van der Waals surface area contributed by atoms with Crippen molar-refractivity contribution in [1.29, 1.82) is 0 Å². The van der Waals surface area contributed by atoms with Gasteiger partial charge in [0, 0.05) is 31.7 Å². The number of hydrogen-bond donors (Lipinski definition) is 0. The predicted molar refractivity (Wildman–Crippen MR) is 101 cm³/mol. The van der Waals surface area contributed by atoms with Crippen LogP contribution >= 0.6 is 0 Å². The molecule has 0 unspecified atom stereocenters. The number of benzene rings is 2. The fourth-order valence-electron chi connectivity index (χ4n) is 2.64. The highest BCUT2D eigenvalue weighted by Gasteiger charge is 2.20. The fraction of sp³-hybridized carbons (Fsp3) is 0.250. The molecule has 1 heterocycles. The van der Waals surface area contributed by atoms with Crippen molar-refractivity contribution in [2.75, 3.05) is 14.2 Å². The highest BCUT2D eigenvalue weighted by molar-refractivity contribution is 7.85. The Hall–Kier alpha value is -2.32. The number of aryl methyl sites for hydroxylation is 2. The Morgan fingerprint density at radius 2 is 1.52 bits per heavy atom. The van der Waals surface area contributed by atoms with E-state index in [0.717, 1.165) is 11.3 Å². The maximum atomic E-state index is 10.4. The molecule has 144 valence electrons. The molecule has 0 saturated carbocycles. The van der Waals surface area contributed by atoms with E-state index in [2.05, 4.69) is 22.8 Å². The van der Waals surface area contributed by atoms with E-state index in [1.807, 2.05) is 32.2 Å². The number of rotatable bonds is 4. The van der Waals surface area contributed by atoms with Gasteiger partial charge in [-0.3, -0.25) is 0 Å². The van der Waals surface area contributed by atoms with E-state index in [0.29, 0.717) is 0 Å². The van der Waals surface area contributed by atoms with Crippen molar-refractivity contribution in [3.63, 3.8) is 0 Å². The summed E-state index contributed by atoms with van der Waals surface area (Å²) in [5.41, 5.74) is 3.10. The average molecular weight is 389 g/mol. The van der Waals surface area contributed by atoms with Gasteiger partial charge >= 0.3 is 0 Å². The van der Waals surface area contributed by atoms with Gasteiger partial charge in [0.2, 0.25) is 17.5 Å². The summed E-state index contributed by atoms with van der Waals surface area (Å²) in [6.07, 6.45) is -0.324. The monoisotopic (exact) mass is 389 g/mol. The Balaban J connectivity index is 0.000000208. The first-order valence-corrected chi connectivity index (χ1v) is 9.64. The summed E-state index contributed by atoms with van der Waals surface area (Å²) < 4.78 is 43.8. The number of hydrogen-bond acceptors (Lipinski definition) is 5. The molecule has 27 heavy (non-hydrogen) atoms. The van der Waals surface area contributed by atoms with Gasteiger partial charge in [-0.05, 0) is 31.2 Å². The molecule has 7 heteroatoms. The molecule has 2 aromatic carbocycles. The minimum absolute atomic E-state index is 0.178. The van der Waals surface area contributed by atoms with Gasteiger partial charge in [0.05, 0.1) is 4.90 Å². The van der Waals surface area contributed by atoms with E-state index in [1.54, 1.807) is 26.4 Å². The molecule has 6 nitrogen and oxygen atoms in total. The molecule has 0 radical (unpaired) electrons. The van der Waals surface area contributed by atoms with Crippen LogP contribution in [-0.4, -0.2) is 27.2 Å². The molecule has 0 spiro atoms. The maximum Gasteiger partial charge on any atom is 0.244 e. The third-order valence-electron chi connectivity index (χ3n) is 4.10. The van der Waals surface area contributed by atoms with Gasteiger partial charge in [-0.15, -0.1) is 0 Å². The number of ether oxygens (including phenoxy) is 2. The van der Waals surface area contributed by atoms with E-state index in [1.165, 1.54) is 23.0 Å². The summed E-state index contributed by atoms with van der Waals surface area (Å²) in [4.78, 5) is -0.178. The first-order valence-electron chi connectivity index (χ1n) is 8.23. The Morgan fingerprint density at radius 3 is 2.07 bits per heavy atom. The zero-order valence-electron chi connectivity index (χ0n) is 15.7. The molecular formula is C20H23NO5S. The van der Waals surface area contributed by atoms with Crippen LogP contribution in [0.3, 0.4) is 0 Å². The second-order valence-corrected chi connectivity index (χ2v) is 7.33. The molecule has 0 aliphatic heterocycles. The van der Waals surface area contributed by atoms with Gasteiger partial charge in [0.1, 0.15) is 17.2 Å². The van der Waals surface area contributed by atoms with Gasteiger partial charge in [-0.1, -0.05) is 29.8 Å². The topological polar surface area (TPSA) is 79.5 Å². The van der Waals surface area contributed by atoms with E-state index in [4.69, 9.17) is 9.47 Å². The second-order valence-electron chi connectivity index (χ2n) is 5.95. The Kier molecular flexibility index (Phi) is 7.04. The van der Waals surface area contributed by atoms with Crippen LogP contribution in [0.25, 0.3) is 10.9 Å². The maximum absolute atomic E-state index is 10.4. The third kappa shape index (κ3) is 5.33. The standard InChI is InChI=1S/C13H16NO2.C7H8O3S/c1-14-11-7-5-4-6-10(11)8-9-12(14)13(15-2)16-3;1-6-2-4-7(5-3-6)11(8,9)10/h4-9,13H,1-3H3;2-5H,1H3,(H,8,9,10)/q+1;/p-1. The summed E-state index contributed by atoms with van der Waals surface area (Å²) in [7, 11) is 1.03. The zero-order valence-corrected chi connectivity index (χ0v) is 16.6. The first-order chi connectivity index (χ1) is 12.8. The third-order valence-corrected chi connectivity index (χ3v) is 4.95. The lowest BCUT2D eigenvalue weighted by molar-refractivity contribution is -0.660. The van der Waals surface area contributed by atoms with Crippen molar-refractivity contribution < 1.29 is 27.0 Å². The van der Waals surface area contributed by atoms with E-state index in [-0.39, 0.29) is 11.2 Å². The number of nitrogens with zero attached hydrogens (tertiary/aromatic N) is 1. The Morgan fingerprint density at radius 1 is 0.926 bits per heavy atom.